The minimum absolute atomic E-state index is 0.368. The van der Waals surface area contributed by atoms with Crippen LogP contribution in [0.25, 0.3) is 0 Å². The van der Waals surface area contributed by atoms with Crippen molar-refractivity contribution in [2.24, 2.45) is 0 Å². The Kier molecular flexibility index (Phi) is 7.36. The molecular formula is C21H17BrCl3NO2. The topological polar surface area (TPSA) is 30.5 Å². The normalized spacial score (nSPS) is 10.6. The lowest BCUT2D eigenvalue weighted by Gasteiger charge is -2.18. The van der Waals surface area contributed by atoms with Gasteiger partial charge in [0.2, 0.25) is 0 Å². The van der Waals surface area contributed by atoms with Gasteiger partial charge in [-0.3, -0.25) is 0 Å². The van der Waals surface area contributed by atoms with E-state index in [1.807, 2.05) is 42.5 Å². The van der Waals surface area contributed by atoms with Crippen molar-refractivity contribution in [2.75, 3.05) is 12.4 Å². The molecule has 0 aromatic heterocycles. The molecule has 146 valence electrons. The summed E-state index contributed by atoms with van der Waals surface area (Å²) in [7, 11) is 1.62. The number of ether oxygens (including phenoxy) is 2. The van der Waals surface area contributed by atoms with Crippen molar-refractivity contribution in [3.05, 3.63) is 85.3 Å². The Morgan fingerprint density at radius 2 is 1.79 bits per heavy atom. The summed E-state index contributed by atoms with van der Waals surface area (Å²) in [4.78, 5) is 0. The molecule has 0 unspecified atom stereocenters. The van der Waals surface area contributed by atoms with Crippen molar-refractivity contribution >= 4 is 56.4 Å². The van der Waals surface area contributed by atoms with E-state index in [0.717, 1.165) is 21.3 Å². The first-order chi connectivity index (χ1) is 13.5. The fraction of sp³-hybridized carbons (Fsp3) is 0.143. The minimum Gasteiger partial charge on any atom is -0.493 e. The van der Waals surface area contributed by atoms with E-state index in [9.17, 15) is 0 Å². The van der Waals surface area contributed by atoms with Crippen molar-refractivity contribution in [2.45, 2.75) is 13.2 Å². The third-order valence-electron chi connectivity index (χ3n) is 4.05. The highest BCUT2D eigenvalue weighted by molar-refractivity contribution is 9.10. The second-order valence-corrected chi connectivity index (χ2v) is 8.06. The van der Waals surface area contributed by atoms with Crippen LogP contribution in [0, 0.1) is 0 Å². The van der Waals surface area contributed by atoms with Gasteiger partial charge in [-0.1, -0.05) is 62.9 Å². The van der Waals surface area contributed by atoms with Crippen LogP contribution < -0.4 is 14.8 Å². The van der Waals surface area contributed by atoms with Crippen LogP contribution in [-0.2, 0) is 13.2 Å². The summed E-state index contributed by atoms with van der Waals surface area (Å²) in [5.41, 5.74) is 2.75. The van der Waals surface area contributed by atoms with Crippen LogP contribution in [0.5, 0.6) is 11.5 Å². The second kappa shape index (κ2) is 9.75. The molecule has 0 aliphatic rings. The number of methoxy groups -OCH3 is 1. The van der Waals surface area contributed by atoms with Gasteiger partial charge in [-0.15, -0.1) is 0 Å². The van der Waals surface area contributed by atoms with E-state index in [1.54, 1.807) is 19.2 Å². The van der Waals surface area contributed by atoms with Crippen LogP contribution in [0.3, 0.4) is 0 Å². The maximum atomic E-state index is 6.11. The fourth-order valence-corrected chi connectivity index (χ4v) is 3.61. The molecule has 3 aromatic rings. The first-order valence-electron chi connectivity index (χ1n) is 8.39. The van der Waals surface area contributed by atoms with E-state index in [0.29, 0.717) is 39.7 Å². The van der Waals surface area contributed by atoms with E-state index in [2.05, 4.69) is 21.2 Å². The summed E-state index contributed by atoms with van der Waals surface area (Å²) in [5.74, 6) is 1.31. The zero-order valence-electron chi connectivity index (χ0n) is 14.9. The smallest absolute Gasteiger partial charge is 0.167 e. The average Bonchev–Trinajstić information content (AvgIpc) is 2.68. The van der Waals surface area contributed by atoms with Gasteiger partial charge in [0, 0.05) is 27.3 Å². The third-order valence-corrected chi connectivity index (χ3v) is 5.77. The Bertz CT molecular complexity index is 982. The highest BCUT2D eigenvalue weighted by atomic mass is 79.9. The molecule has 0 radical (unpaired) electrons. The fourth-order valence-electron chi connectivity index (χ4n) is 2.64. The molecule has 3 rings (SSSR count). The van der Waals surface area contributed by atoms with Gasteiger partial charge in [0.25, 0.3) is 0 Å². The first-order valence-corrected chi connectivity index (χ1v) is 10.3. The van der Waals surface area contributed by atoms with E-state index >= 15 is 0 Å². The van der Waals surface area contributed by atoms with Crippen molar-refractivity contribution in [3.8, 4) is 11.5 Å². The van der Waals surface area contributed by atoms with E-state index in [1.165, 1.54) is 0 Å². The van der Waals surface area contributed by atoms with Gasteiger partial charge in [-0.2, -0.15) is 0 Å². The number of anilines is 1. The lowest BCUT2D eigenvalue weighted by Crippen LogP contribution is -2.06. The molecule has 0 aliphatic carbocycles. The molecule has 0 saturated carbocycles. The van der Waals surface area contributed by atoms with Crippen molar-refractivity contribution in [3.63, 3.8) is 0 Å². The second-order valence-electron chi connectivity index (χ2n) is 5.96. The van der Waals surface area contributed by atoms with Crippen LogP contribution in [0.4, 0.5) is 5.69 Å². The molecule has 1 N–H and O–H groups in total. The Hall–Kier alpha value is -1.59. The quantitative estimate of drug-likeness (QED) is 0.361. The van der Waals surface area contributed by atoms with E-state index < -0.39 is 0 Å². The summed E-state index contributed by atoms with van der Waals surface area (Å²) >= 11 is 21.8. The molecular weight excluding hydrogens is 484 g/mol. The van der Waals surface area contributed by atoms with Gasteiger partial charge < -0.3 is 14.8 Å². The molecule has 0 atom stereocenters. The zero-order chi connectivity index (χ0) is 20.1. The maximum absolute atomic E-state index is 6.11. The van der Waals surface area contributed by atoms with Crippen molar-refractivity contribution in [1.82, 2.24) is 0 Å². The van der Waals surface area contributed by atoms with E-state index in [-0.39, 0.29) is 0 Å². The van der Waals surface area contributed by atoms with E-state index in [4.69, 9.17) is 44.3 Å². The van der Waals surface area contributed by atoms with Crippen LogP contribution in [0.2, 0.25) is 15.1 Å². The Balaban J connectivity index is 1.83. The number of hydrogen-bond donors (Lipinski definition) is 1. The van der Waals surface area contributed by atoms with Gasteiger partial charge in [0.05, 0.1) is 17.2 Å². The van der Waals surface area contributed by atoms with Crippen molar-refractivity contribution < 1.29 is 9.47 Å². The number of nitrogens with one attached hydrogen (secondary N) is 1. The zero-order valence-corrected chi connectivity index (χ0v) is 18.8. The summed E-state index contributed by atoms with van der Waals surface area (Å²) in [6.07, 6.45) is 0. The molecule has 0 aliphatic heterocycles. The summed E-state index contributed by atoms with van der Waals surface area (Å²) < 4.78 is 12.5. The molecule has 7 heteroatoms. The SMILES string of the molecule is COc1ccc(Br)c(CNc2ccc(Cl)c(Cl)c2)c1OCc1cccc(Cl)c1. The van der Waals surface area contributed by atoms with Gasteiger partial charge >= 0.3 is 0 Å². The summed E-state index contributed by atoms with van der Waals surface area (Å²) in [6.45, 7) is 0.869. The minimum atomic E-state index is 0.368. The molecule has 28 heavy (non-hydrogen) atoms. The molecule has 0 amide bonds. The lowest BCUT2D eigenvalue weighted by molar-refractivity contribution is 0.281. The molecule has 3 aromatic carbocycles. The van der Waals surface area contributed by atoms with Gasteiger partial charge in [0.1, 0.15) is 6.61 Å². The standard InChI is InChI=1S/C21H17BrCl3NO2/c1-27-20-8-6-17(22)16(11-26-15-5-7-18(24)19(25)10-15)21(20)28-12-13-3-2-4-14(23)9-13/h2-10,26H,11-12H2,1H3. The van der Waals surface area contributed by atoms with Crippen LogP contribution >= 0.6 is 50.7 Å². The lowest BCUT2D eigenvalue weighted by atomic mass is 10.1. The third kappa shape index (κ3) is 5.26. The molecule has 0 heterocycles. The number of hydrogen-bond acceptors (Lipinski definition) is 3. The number of rotatable bonds is 7. The molecule has 0 spiro atoms. The Labute approximate surface area is 187 Å². The molecule has 3 nitrogen and oxygen atoms in total. The molecule has 0 saturated heterocycles. The molecule has 0 fully saturated rings. The highest BCUT2D eigenvalue weighted by Gasteiger charge is 2.15. The predicted octanol–water partition coefficient (Wildman–Crippen LogP) is 7.61. The average molecular weight is 502 g/mol. The van der Waals surface area contributed by atoms with Gasteiger partial charge in [-0.25, -0.2) is 0 Å². The Morgan fingerprint density at radius 1 is 0.964 bits per heavy atom. The number of benzene rings is 3. The monoisotopic (exact) mass is 499 g/mol. The van der Waals surface area contributed by atoms with Gasteiger partial charge in [-0.05, 0) is 48.0 Å². The highest BCUT2D eigenvalue weighted by Crippen LogP contribution is 2.37. The molecule has 0 bridgehead atoms. The maximum Gasteiger partial charge on any atom is 0.167 e. The van der Waals surface area contributed by atoms with Crippen LogP contribution in [0.1, 0.15) is 11.1 Å². The van der Waals surface area contributed by atoms with Crippen LogP contribution in [0.15, 0.2) is 59.1 Å². The first kappa shape index (κ1) is 21.1. The predicted molar refractivity (Wildman–Crippen MR) is 120 cm³/mol. The number of halogens is 4. The summed E-state index contributed by atoms with van der Waals surface area (Å²) in [5, 5.41) is 5.02. The van der Waals surface area contributed by atoms with Gasteiger partial charge in [0.15, 0.2) is 11.5 Å². The largest absolute Gasteiger partial charge is 0.493 e. The summed E-state index contributed by atoms with van der Waals surface area (Å²) in [6, 6.07) is 16.8. The Morgan fingerprint density at radius 3 is 2.50 bits per heavy atom. The van der Waals surface area contributed by atoms with Crippen LogP contribution in [-0.4, -0.2) is 7.11 Å². The van der Waals surface area contributed by atoms with Crippen molar-refractivity contribution in [1.29, 1.82) is 0 Å².